The number of carbonyl (C=O) groups excluding carboxylic acids is 1. The minimum atomic E-state index is -4.81. The molecule has 0 fully saturated rings. The number of carboxylic acid groups (broad SMARTS) is 1. The third-order valence-corrected chi connectivity index (χ3v) is 6.50. The molecule has 2 N–H and O–H groups in total. The number of aromatic carboxylic acids is 1. The SMILES string of the molecule is COc1ccc2c(c1)O[C@@H](c1cccc(C(=O)O)c1)C[C@H]2NC(=O)C(C)(C)c1ccc(OC(F)(F)F)cc1. The lowest BCUT2D eigenvalue weighted by atomic mass is 9.82. The van der Waals surface area contributed by atoms with Crippen LogP contribution in [-0.4, -0.2) is 30.5 Å². The smallest absolute Gasteiger partial charge is 0.497 e. The summed E-state index contributed by atoms with van der Waals surface area (Å²) in [5, 5.41) is 12.5. The molecule has 0 bridgehead atoms. The molecule has 0 aliphatic carbocycles. The summed E-state index contributed by atoms with van der Waals surface area (Å²) in [5.74, 6) is -0.763. The standard InChI is InChI=1S/C28H26F3NO6/c1-27(2,18-7-9-19(10-8-18)38-28(29,30)31)26(35)32-22-15-23(16-5-4-6-17(13-16)25(33)34)37-24-14-20(36-3)11-12-21(22)24/h4-14,22-23H,15H2,1-3H3,(H,32,35)(H,33,34)/t22-,23-/m1/s1. The molecule has 4 rings (SSSR count). The molecule has 7 nitrogen and oxygen atoms in total. The normalized spacial score (nSPS) is 17.1. The van der Waals surface area contributed by atoms with E-state index in [9.17, 15) is 27.9 Å². The average Bonchev–Trinajstić information content (AvgIpc) is 2.87. The molecule has 0 unspecified atom stereocenters. The third kappa shape index (κ3) is 5.85. The second kappa shape index (κ2) is 10.3. The van der Waals surface area contributed by atoms with Gasteiger partial charge < -0.3 is 24.6 Å². The molecule has 10 heteroatoms. The molecule has 1 amide bonds. The van der Waals surface area contributed by atoms with Gasteiger partial charge in [0.2, 0.25) is 5.91 Å². The molecular formula is C28H26F3NO6. The maximum atomic E-state index is 13.5. The van der Waals surface area contributed by atoms with E-state index in [0.29, 0.717) is 29.0 Å². The maximum Gasteiger partial charge on any atom is 0.573 e. The first-order chi connectivity index (χ1) is 17.9. The largest absolute Gasteiger partial charge is 0.573 e. The topological polar surface area (TPSA) is 94.1 Å². The van der Waals surface area contributed by atoms with E-state index in [1.54, 1.807) is 44.2 Å². The Bertz CT molecular complexity index is 1340. The Hall–Kier alpha value is -4.21. The molecule has 3 aromatic carbocycles. The molecule has 1 heterocycles. The number of hydrogen-bond donors (Lipinski definition) is 2. The van der Waals surface area contributed by atoms with Gasteiger partial charge in [0, 0.05) is 18.1 Å². The quantitative estimate of drug-likeness (QED) is 0.393. The highest BCUT2D eigenvalue weighted by molar-refractivity contribution is 5.88. The predicted octanol–water partition coefficient (Wildman–Crippen LogP) is 5.95. The van der Waals surface area contributed by atoms with E-state index in [1.807, 2.05) is 0 Å². The van der Waals surface area contributed by atoms with Crippen molar-refractivity contribution in [3.05, 3.63) is 89.0 Å². The summed E-state index contributed by atoms with van der Waals surface area (Å²) in [4.78, 5) is 25.0. The number of halogens is 3. The Morgan fingerprint density at radius 2 is 1.68 bits per heavy atom. The number of carbonyl (C=O) groups is 2. The van der Waals surface area contributed by atoms with E-state index < -0.39 is 29.9 Å². The Labute approximate surface area is 217 Å². The van der Waals surface area contributed by atoms with E-state index in [4.69, 9.17) is 9.47 Å². The molecule has 3 aromatic rings. The van der Waals surface area contributed by atoms with Gasteiger partial charge in [-0.05, 0) is 61.4 Å². The number of carboxylic acids is 1. The van der Waals surface area contributed by atoms with Crippen molar-refractivity contribution in [2.24, 2.45) is 0 Å². The van der Waals surface area contributed by atoms with Crippen LogP contribution in [-0.2, 0) is 10.2 Å². The van der Waals surface area contributed by atoms with Crippen LogP contribution >= 0.6 is 0 Å². The number of rotatable bonds is 7. The summed E-state index contributed by atoms with van der Waals surface area (Å²) in [6.45, 7) is 3.34. The van der Waals surface area contributed by atoms with E-state index in [2.05, 4.69) is 10.1 Å². The monoisotopic (exact) mass is 529 g/mol. The van der Waals surface area contributed by atoms with Gasteiger partial charge in [0.05, 0.1) is 24.1 Å². The fourth-order valence-corrected chi connectivity index (χ4v) is 4.33. The van der Waals surface area contributed by atoms with Gasteiger partial charge in [0.1, 0.15) is 23.4 Å². The first-order valence-electron chi connectivity index (χ1n) is 11.7. The molecule has 200 valence electrons. The Kier molecular flexibility index (Phi) is 7.26. The predicted molar refractivity (Wildman–Crippen MR) is 131 cm³/mol. The number of methoxy groups -OCH3 is 1. The summed E-state index contributed by atoms with van der Waals surface area (Å²) in [5.41, 5.74) is 0.867. The molecule has 0 saturated carbocycles. The van der Waals surface area contributed by atoms with Gasteiger partial charge in [0.25, 0.3) is 0 Å². The lowest BCUT2D eigenvalue weighted by Crippen LogP contribution is -2.43. The van der Waals surface area contributed by atoms with Crippen LogP contribution in [0, 0.1) is 0 Å². The molecule has 0 spiro atoms. The van der Waals surface area contributed by atoms with E-state index in [-0.39, 0.29) is 17.2 Å². The van der Waals surface area contributed by atoms with E-state index >= 15 is 0 Å². The summed E-state index contributed by atoms with van der Waals surface area (Å²) in [6.07, 6.45) is -5.04. The van der Waals surface area contributed by atoms with Gasteiger partial charge in [-0.1, -0.05) is 24.3 Å². The van der Waals surface area contributed by atoms with Crippen molar-refractivity contribution in [2.45, 2.75) is 44.2 Å². The first-order valence-corrected chi connectivity index (χ1v) is 11.7. The van der Waals surface area contributed by atoms with Crippen LogP contribution in [0.2, 0.25) is 0 Å². The molecule has 1 aliphatic rings. The van der Waals surface area contributed by atoms with Crippen LogP contribution in [0.3, 0.4) is 0 Å². The third-order valence-electron chi connectivity index (χ3n) is 6.50. The lowest BCUT2D eigenvalue weighted by molar-refractivity contribution is -0.274. The number of amides is 1. The highest BCUT2D eigenvalue weighted by Crippen LogP contribution is 2.43. The van der Waals surface area contributed by atoms with Crippen LogP contribution in [0.5, 0.6) is 17.2 Å². The zero-order valence-corrected chi connectivity index (χ0v) is 20.8. The van der Waals surface area contributed by atoms with Crippen molar-refractivity contribution in [2.75, 3.05) is 7.11 Å². The zero-order chi connectivity index (χ0) is 27.7. The zero-order valence-electron chi connectivity index (χ0n) is 20.8. The number of alkyl halides is 3. The summed E-state index contributed by atoms with van der Waals surface area (Å²) in [7, 11) is 1.52. The van der Waals surface area contributed by atoms with Crippen molar-refractivity contribution < 1.29 is 42.1 Å². The molecular weight excluding hydrogens is 503 g/mol. The molecule has 0 aromatic heterocycles. The van der Waals surface area contributed by atoms with Crippen LogP contribution < -0.4 is 19.5 Å². The number of ether oxygens (including phenoxy) is 3. The Morgan fingerprint density at radius 1 is 1.00 bits per heavy atom. The van der Waals surface area contributed by atoms with Crippen LogP contribution in [0.4, 0.5) is 13.2 Å². The second-order valence-corrected chi connectivity index (χ2v) is 9.40. The minimum Gasteiger partial charge on any atom is -0.497 e. The van der Waals surface area contributed by atoms with Crippen LogP contribution in [0.1, 0.15) is 59.5 Å². The Morgan fingerprint density at radius 3 is 2.32 bits per heavy atom. The van der Waals surface area contributed by atoms with Gasteiger partial charge >= 0.3 is 12.3 Å². The first kappa shape index (κ1) is 26.8. The van der Waals surface area contributed by atoms with Crippen molar-refractivity contribution >= 4 is 11.9 Å². The highest BCUT2D eigenvalue weighted by atomic mass is 19.4. The van der Waals surface area contributed by atoms with E-state index in [0.717, 1.165) is 5.56 Å². The van der Waals surface area contributed by atoms with E-state index in [1.165, 1.54) is 43.5 Å². The molecule has 1 aliphatic heterocycles. The molecule has 0 saturated heterocycles. The van der Waals surface area contributed by atoms with Crippen molar-refractivity contribution in [1.29, 1.82) is 0 Å². The number of nitrogens with one attached hydrogen (secondary N) is 1. The van der Waals surface area contributed by atoms with Crippen molar-refractivity contribution in [3.8, 4) is 17.2 Å². The van der Waals surface area contributed by atoms with Gasteiger partial charge in [-0.15, -0.1) is 13.2 Å². The fourth-order valence-electron chi connectivity index (χ4n) is 4.33. The van der Waals surface area contributed by atoms with Gasteiger partial charge in [-0.25, -0.2) is 4.79 Å². The lowest BCUT2D eigenvalue weighted by Gasteiger charge is -2.35. The number of benzene rings is 3. The number of fused-ring (bicyclic) bond motifs is 1. The van der Waals surface area contributed by atoms with Gasteiger partial charge in [-0.2, -0.15) is 0 Å². The molecule has 38 heavy (non-hydrogen) atoms. The summed E-state index contributed by atoms with van der Waals surface area (Å²) in [6, 6.07) is 16.3. The number of hydrogen-bond acceptors (Lipinski definition) is 5. The highest BCUT2D eigenvalue weighted by Gasteiger charge is 2.36. The second-order valence-electron chi connectivity index (χ2n) is 9.40. The molecule has 0 radical (unpaired) electrons. The van der Waals surface area contributed by atoms with Crippen molar-refractivity contribution in [1.82, 2.24) is 5.32 Å². The van der Waals surface area contributed by atoms with Gasteiger partial charge in [0.15, 0.2) is 0 Å². The minimum absolute atomic E-state index is 0.113. The molecule has 2 atom stereocenters. The summed E-state index contributed by atoms with van der Waals surface area (Å²) < 4.78 is 53.0. The van der Waals surface area contributed by atoms with Crippen LogP contribution in [0.25, 0.3) is 0 Å². The van der Waals surface area contributed by atoms with Crippen LogP contribution in [0.15, 0.2) is 66.7 Å². The maximum absolute atomic E-state index is 13.5. The van der Waals surface area contributed by atoms with Crippen molar-refractivity contribution in [3.63, 3.8) is 0 Å². The summed E-state index contributed by atoms with van der Waals surface area (Å²) >= 11 is 0. The Balaban J connectivity index is 1.61. The average molecular weight is 530 g/mol. The fraction of sp³-hybridized carbons (Fsp3) is 0.286. The van der Waals surface area contributed by atoms with Gasteiger partial charge in [-0.3, -0.25) is 4.79 Å².